The Hall–Kier alpha value is -4.57. The fourth-order valence-electron chi connectivity index (χ4n) is 3.77. The van der Waals surface area contributed by atoms with Gasteiger partial charge in [0.1, 0.15) is 6.04 Å². The molecule has 0 bridgehead atoms. The van der Waals surface area contributed by atoms with E-state index in [0.717, 1.165) is 17.5 Å². The van der Waals surface area contributed by atoms with Gasteiger partial charge < -0.3 is 21.3 Å². The van der Waals surface area contributed by atoms with Crippen LogP contribution in [0.25, 0.3) is 0 Å². The smallest absolute Gasteiger partial charge is 0.255 e. The fraction of sp³-hybridized carbons (Fsp3) is 0.179. The number of carbonyl (C=O) groups is 3. The molecular formula is C28H26N4O3. The van der Waals surface area contributed by atoms with E-state index in [1.54, 1.807) is 54.3 Å². The van der Waals surface area contributed by atoms with Crippen LogP contribution in [-0.2, 0) is 9.59 Å². The van der Waals surface area contributed by atoms with Crippen molar-refractivity contribution in [1.82, 2.24) is 4.90 Å². The highest BCUT2D eigenvalue weighted by molar-refractivity contribution is 6.06. The number of nitrogen functional groups attached to an aromatic ring is 1. The Bertz CT molecular complexity index is 1310. The van der Waals surface area contributed by atoms with E-state index in [-0.39, 0.29) is 17.7 Å². The molecular weight excluding hydrogens is 440 g/mol. The zero-order chi connectivity index (χ0) is 24.8. The Morgan fingerprint density at radius 1 is 0.943 bits per heavy atom. The SMILES string of the molecule is CC(C(=O)Nc1ccc(C(=O)Nc2cc(C#Cc3ccccc3)ccc2N)cc1)N1CCCC1=O. The lowest BCUT2D eigenvalue weighted by molar-refractivity contribution is -0.134. The molecule has 1 fully saturated rings. The van der Waals surface area contributed by atoms with Crippen LogP contribution >= 0.6 is 0 Å². The summed E-state index contributed by atoms with van der Waals surface area (Å²) in [7, 11) is 0. The Balaban J connectivity index is 1.40. The number of likely N-dealkylation sites (tertiary alicyclic amines) is 1. The van der Waals surface area contributed by atoms with E-state index in [9.17, 15) is 14.4 Å². The monoisotopic (exact) mass is 466 g/mol. The number of nitrogens with one attached hydrogen (secondary N) is 2. The van der Waals surface area contributed by atoms with Crippen molar-refractivity contribution in [3.8, 4) is 11.8 Å². The highest BCUT2D eigenvalue weighted by Gasteiger charge is 2.29. The summed E-state index contributed by atoms with van der Waals surface area (Å²) >= 11 is 0. The van der Waals surface area contributed by atoms with Crippen molar-refractivity contribution in [3.05, 3.63) is 89.5 Å². The van der Waals surface area contributed by atoms with Gasteiger partial charge in [-0.1, -0.05) is 30.0 Å². The van der Waals surface area contributed by atoms with Crippen LogP contribution in [0.1, 0.15) is 41.3 Å². The number of benzene rings is 3. The number of hydrogen-bond donors (Lipinski definition) is 3. The molecule has 0 aromatic heterocycles. The second-order valence-electron chi connectivity index (χ2n) is 8.31. The number of carbonyl (C=O) groups excluding carboxylic acids is 3. The Kier molecular flexibility index (Phi) is 7.12. The van der Waals surface area contributed by atoms with Crippen LogP contribution < -0.4 is 16.4 Å². The summed E-state index contributed by atoms with van der Waals surface area (Å²) in [5.41, 5.74) is 9.52. The molecule has 1 unspecified atom stereocenters. The maximum Gasteiger partial charge on any atom is 0.255 e. The number of anilines is 3. The molecule has 7 heteroatoms. The molecule has 4 N–H and O–H groups in total. The van der Waals surface area contributed by atoms with Gasteiger partial charge in [-0.05, 0) is 67.9 Å². The van der Waals surface area contributed by atoms with Gasteiger partial charge in [0.25, 0.3) is 5.91 Å². The predicted octanol–water partition coefficient (Wildman–Crippen LogP) is 3.87. The number of nitrogens with zero attached hydrogens (tertiary/aromatic N) is 1. The van der Waals surface area contributed by atoms with Gasteiger partial charge in [-0.15, -0.1) is 0 Å². The standard InChI is InChI=1S/C28H26N4O3/c1-19(32-17-5-8-26(32)33)27(34)30-23-14-12-22(13-15-23)28(35)31-25-18-21(11-16-24(25)29)10-9-20-6-3-2-4-7-20/h2-4,6-7,11-16,18-19H,5,8,17,29H2,1H3,(H,30,34)(H,31,35). The van der Waals surface area contributed by atoms with E-state index in [0.29, 0.717) is 35.6 Å². The van der Waals surface area contributed by atoms with Crippen molar-refractivity contribution in [1.29, 1.82) is 0 Å². The predicted molar refractivity (Wildman–Crippen MR) is 137 cm³/mol. The topological polar surface area (TPSA) is 105 Å². The van der Waals surface area contributed by atoms with E-state index >= 15 is 0 Å². The second kappa shape index (κ2) is 10.6. The molecule has 35 heavy (non-hydrogen) atoms. The van der Waals surface area contributed by atoms with Crippen molar-refractivity contribution in [2.45, 2.75) is 25.8 Å². The lowest BCUT2D eigenvalue weighted by atomic mass is 10.1. The zero-order valence-corrected chi connectivity index (χ0v) is 19.4. The molecule has 0 saturated carbocycles. The van der Waals surface area contributed by atoms with Gasteiger partial charge >= 0.3 is 0 Å². The molecule has 0 spiro atoms. The van der Waals surface area contributed by atoms with Crippen molar-refractivity contribution in [2.75, 3.05) is 22.9 Å². The third-order valence-electron chi connectivity index (χ3n) is 5.80. The van der Waals surface area contributed by atoms with Crippen LogP contribution in [0.15, 0.2) is 72.8 Å². The van der Waals surface area contributed by atoms with Crippen molar-refractivity contribution in [2.24, 2.45) is 0 Å². The van der Waals surface area contributed by atoms with Crippen LogP contribution in [0.4, 0.5) is 17.1 Å². The third kappa shape index (κ3) is 5.87. The first-order valence-corrected chi connectivity index (χ1v) is 11.4. The maximum absolute atomic E-state index is 12.8. The lowest BCUT2D eigenvalue weighted by Gasteiger charge is -2.23. The van der Waals surface area contributed by atoms with Crippen LogP contribution in [0.5, 0.6) is 0 Å². The number of rotatable bonds is 5. The fourth-order valence-corrected chi connectivity index (χ4v) is 3.77. The van der Waals surface area contributed by atoms with E-state index < -0.39 is 6.04 Å². The van der Waals surface area contributed by atoms with E-state index in [1.165, 1.54) is 0 Å². The lowest BCUT2D eigenvalue weighted by Crippen LogP contribution is -2.42. The molecule has 3 amide bonds. The molecule has 1 atom stereocenters. The normalized spacial score (nSPS) is 13.5. The molecule has 4 rings (SSSR count). The molecule has 3 aromatic carbocycles. The first-order valence-electron chi connectivity index (χ1n) is 11.4. The summed E-state index contributed by atoms with van der Waals surface area (Å²) < 4.78 is 0. The van der Waals surface area contributed by atoms with Gasteiger partial charge in [0.15, 0.2) is 0 Å². The Morgan fingerprint density at radius 2 is 1.66 bits per heavy atom. The third-order valence-corrected chi connectivity index (χ3v) is 5.80. The summed E-state index contributed by atoms with van der Waals surface area (Å²) in [6.45, 7) is 2.30. The molecule has 1 heterocycles. The summed E-state index contributed by atoms with van der Waals surface area (Å²) in [6, 6.07) is 20.8. The van der Waals surface area contributed by atoms with Gasteiger partial charge in [0.2, 0.25) is 11.8 Å². The molecule has 0 radical (unpaired) electrons. The van der Waals surface area contributed by atoms with Gasteiger partial charge in [0.05, 0.1) is 11.4 Å². The van der Waals surface area contributed by atoms with Gasteiger partial charge in [0, 0.05) is 35.3 Å². The highest BCUT2D eigenvalue weighted by Crippen LogP contribution is 2.21. The van der Waals surface area contributed by atoms with Crippen molar-refractivity contribution in [3.63, 3.8) is 0 Å². The average Bonchev–Trinajstić information content (AvgIpc) is 3.30. The van der Waals surface area contributed by atoms with Crippen LogP contribution in [0.2, 0.25) is 0 Å². The molecule has 176 valence electrons. The van der Waals surface area contributed by atoms with Crippen molar-refractivity contribution >= 4 is 34.8 Å². The van der Waals surface area contributed by atoms with E-state index in [2.05, 4.69) is 22.5 Å². The van der Waals surface area contributed by atoms with Crippen LogP contribution in [0, 0.1) is 11.8 Å². The molecule has 1 saturated heterocycles. The first kappa shape index (κ1) is 23.6. The summed E-state index contributed by atoms with van der Waals surface area (Å²) in [4.78, 5) is 38.7. The zero-order valence-electron chi connectivity index (χ0n) is 19.4. The number of amides is 3. The summed E-state index contributed by atoms with van der Waals surface area (Å²) in [5, 5.41) is 5.62. The largest absolute Gasteiger partial charge is 0.397 e. The maximum atomic E-state index is 12.8. The van der Waals surface area contributed by atoms with Gasteiger partial charge in [-0.2, -0.15) is 0 Å². The molecule has 1 aliphatic heterocycles. The van der Waals surface area contributed by atoms with Crippen molar-refractivity contribution < 1.29 is 14.4 Å². The van der Waals surface area contributed by atoms with Crippen LogP contribution in [-0.4, -0.2) is 35.2 Å². The van der Waals surface area contributed by atoms with Gasteiger partial charge in [-0.25, -0.2) is 0 Å². The summed E-state index contributed by atoms with van der Waals surface area (Å²) in [6.07, 6.45) is 1.25. The highest BCUT2D eigenvalue weighted by atomic mass is 16.2. The second-order valence-corrected chi connectivity index (χ2v) is 8.31. The summed E-state index contributed by atoms with van der Waals surface area (Å²) in [5.74, 6) is 5.56. The van der Waals surface area contributed by atoms with Crippen LogP contribution in [0.3, 0.4) is 0 Å². The number of hydrogen-bond acceptors (Lipinski definition) is 4. The minimum absolute atomic E-state index is 0.00550. The quantitative estimate of drug-likeness (QED) is 0.392. The van der Waals surface area contributed by atoms with E-state index in [4.69, 9.17) is 5.73 Å². The molecule has 0 aliphatic carbocycles. The van der Waals surface area contributed by atoms with E-state index in [1.807, 2.05) is 30.3 Å². The minimum Gasteiger partial charge on any atom is -0.397 e. The number of nitrogens with two attached hydrogens (primary N) is 1. The molecule has 7 nitrogen and oxygen atoms in total. The molecule has 3 aromatic rings. The minimum atomic E-state index is -0.548. The Labute approximate surface area is 204 Å². The van der Waals surface area contributed by atoms with Gasteiger partial charge in [-0.3, -0.25) is 14.4 Å². The Morgan fingerprint density at radius 3 is 2.34 bits per heavy atom. The first-order chi connectivity index (χ1) is 16.9. The molecule has 1 aliphatic rings. The average molecular weight is 467 g/mol.